The maximum absolute atomic E-state index is 12.1. The summed E-state index contributed by atoms with van der Waals surface area (Å²) in [6.07, 6.45) is 1.76. The molecule has 2 heterocycles. The molecule has 0 aliphatic carbocycles. The first kappa shape index (κ1) is 17.2. The Morgan fingerprint density at radius 3 is 2.72 bits per heavy atom. The molecule has 2 aromatic heterocycles. The van der Waals surface area contributed by atoms with Crippen molar-refractivity contribution in [2.45, 2.75) is 19.8 Å². The van der Waals surface area contributed by atoms with Crippen LogP contribution in [0.2, 0.25) is 4.34 Å². The molecule has 0 radical (unpaired) electrons. The Balaban J connectivity index is 1.58. The Bertz CT molecular complexity index is 907. The van der Waals surface area contributed by atoms with Crippen molar-refractivity contribution < 1.29 is 9.59 Å². The van der Waals surface area contributed by atoms with Crippen LogP contribution < -0.4 is 5.32 Å². The number of halogens is 1. The highest BCUT2D eigenvalue weighted by molar-refractivity contribution is 7.18. The average molecular weight is 376 g/mol. The number of aromatic nitrogens is 4. The van der Waals surface area contributed by atoms with E-state index in [4.69, 9.17) is 11.6 Å². The molecule has 0 saturated carbocycles. The molecule has 1 amide bonds. The van der Waals surface area contributed by atoms with Crippen LogP contribution in [0.15, 0.2) is 36.7 Å². The second-order valence-electron chi connectivity index (χ2n) is 5.33. The summed E-state index contributed by atoms with van der Waals surface area (Å²) in [4.78, 5) is 24.6. The van der Waals surface area contributed by atoms with Crippen LogP contribution in [0.1, 0.15) is 28.1 Å². The summed E-state index contributed by atoms with van der Waals surface area (Å²) < 4.78 is 2.11. The van der Waals surface area contributed by atoms with Crippen LogP contribution in [0.3, 0.4) is 0 Å². The lowest BCUT2D eigenvalue weighted by atomic mass is 10.1. The molecule has 0 saturated heterocycles. The molecular formula is C16H14ClN5O2S. The van der Waals surface area contributed by atoms with Gasteiger partial charge in [-0.3, -0.25) is 9.59 Å². The van der Waals surface area contributed by atoms with Crippen molar-refractivity contribution in [1.82, 2.24) is 20.2 Å². The molecule has 1 aromatic carbocycles. The summed E-state index contributed by atoms with van der Waals surface area (Å²) in [5.41, 5.74) is 2.40. The number of nitrogens with zero attached hydrogens (tertiary/aromatic N) is 4. The smallest absolute Gasteiger partial charge is 0.224 e. The molecule has 0 spiro atoms. The number of thiophene rings is 1. The minimum atomic E-state index is -0.217. The minimum absolute atomic E-state index is 0.0859. The van der Waals surface area contributed by atoms with E-state index in [9.17, 15) is 9.59 Å². The normalized spacial score (nSPS) is 10.6. The fourth-order valence-electron chi connectivity index (χ4n) is 2.30. The number of hydrogen-bond donors (Lipinski definition) is 1. The van der Waals surface area contributed by atoms with E-state index < -0.39 is 0 Å². The van der Waals surface area contributed by atoms with Crippen molar-refractivity contribution >= 4 is 40.3 Å². The molecule has 128 valence electrons. The summed E-state index contributed by atoms with van der Waals surface area (Å²) in [6.45, 7) is 1.90. The summed E-state index contributed by atoms with van der Waals surface area (Å²) in [7, 11) is 0. The highest BCUT2D eigenvalue weighted by Gasteiger charge is 2.12. The maximum atomic E-state index is 12.1. The van der Waals surface area contributed by atoms with Gasteiger partial charge in [0.15, 0.2) is 5.78 Å². The fraction of sp³-hybridized carbons (Fsp3) is 0.188. The predicted molar refractivity (Wildman–Crippen MR) is 95.4 cm³/mol. The molecule has 0 aliphatic heterocycles. The highest BCUT2D eigenvalue weighted by atomic mass is 35.5. The van der Waals surface area contributed by atoms with Gasteiger partial charge in [0.05, 0.1) is 14.9 Å². The molecule has 3 aromatic rings. The molecule has 0 bridgehead atoms. The Morgan fingerprint density at radius 2 is 2.08 bits per heavy atom. The first-order valence-corrected chi connectivity index (χ1v) is 8.65. The van der Waals surface area contributed by atoms with Gasteiger partial charge in [-0.2, -0.15) is 0 Å². The van der Waals surface area contributed by atoms with Crippen LogP contribution in [0, 0.1) is 6.92 Å². The van der Waals surface area contributed by atoms with E-state index in [1.165, 1.54) is 17.7 Å². The van der Waals surface area contributed by atoms with Gasteiger partial charge < -0.3 is 5.32 Å². The lowest BCUT2D eigenvalue weighted by molar-refractivity contribution is -0.116. The maximum Gasteiger partial charge on any atom is 0.224 e. The Kier molecular flexibility index (Phi) is 5.20. The Hall–Kier alpha value is -2.58. The Labute approximate surface area is 152 Å². The highest BCUT2D eigenvalue weighted by Crippen LogP contribution is 2.23. The van der Waals surface area contributed by atoms with Gasteiger partial charge in [0.1, 0.15) is 6.33 Å². The lowest BCUT2D eigenvalue weighted by Gasteiger charge is -2.09. The van der Waals surface area contributed by atoms with E-state index in [1.54, 1.807) is 22.9 Å². The largest absolute Gasteiger partial charge is 0.326 e. The molecule has 0 unspecified atom stereocenters. The van der Waals surface area contributed by atoms with E-state index in [-0.39, 0.29) is 24.5 Å². The third-order valence-corrected chi connectivity index (χ3v) is 4.78. The van der Waals surface area contributed by atoms with Gasteiger partial charge in [0.2, 0.25) is 5.91 Å². The number of rotatable bonds is 6. The van der Waals surface area contributed by atoms with Crippen LogP contribution >= 0.6 is 22.9 Å². The van der Waals surface area contributed by atoms with Crippen molar-refractivity contribution in [2.75, 3.05) is 5.32 Å². The van der Waals surface area contributed by atoms with Crippen LogP contribution in [0.25, 0.3) is 5.69 Å². The number of Topliss-reactive ketones (excluding diaryl/α,β-unsaturated/α-hetero) is 1. The zero-order valence-electron chi connectivity index (χ0n) is 13.3. The third-order valence-electron chi connectivity index (χ3n) is 3.50. The molecule has 3 rings (SSSR count). The van der Waals surface area contributed by atoms with Crippen molar-refractivity contribution in [1.29, 1.82) is 0 Å². The van der Waals surface area contributed by atoms with Crippen molar-refractivity contribution in [3.05, 3.63) is 51.4 Å². The quantitative estimate of drug-likeness (QED) is 0.667. The first-order valence-electron chi connectivity index (χ1n) is 7.45. The van der Waals surface area contributed by atoms with Crippen molar-refractivity contribution in [2.24, 2.45) is 0 Å². The van der Waals surface area contributed by atoms with Gasteiger partial charge in [-0.05, 0) is 53.2 Å². The minimum Gasteiger partial charge on any atom is -0.326 e. The average Bonchev–Trinajstić information content (AvgIpc) is 3.24. The van der Waals surface area contributed by atoms with E-state index in [2.05, 4.69) is 20.8 Å². The monoisotopic (exact) mass is 375 g/mol. The van der Waals surface area contributed by atoms with Crippen LogP contribution in [-0.2, 0) is 4.79 Å². The van der Waals surface area contributed by atoms with E-state index in [0.717, 1.165) is 11.3 Å². The Morgan fingerprint density at radius 1 is 1.24 bits per heavy atom. The van der Waals surface area contributed by atoms with Gasteiger partial charge in [0, 0.05) is 18.5 Å². The van der Waals surface area contributed by atoms with Crippen molar-refractivity contribution in [3.8, 4) is 5.69 Å². The molecule has 9 heteroatoms. The third kappa shape index (κ3) is 4.28. The second-order valence-corrected chi connectivity index (χ2v) is 7.05. The number of benzene rings is 1. The number of carbonyl (C=O) groups excluding carboxylic acids is 2. The molecule has 0 aliphatic rings. The molecule has 7 nitrogen and oxygen atoms in total. The summed E-state index contributed by atoms with van der Waals surface area (Å²) in [5.74, 6) is -0.303. The SMILES string of the molecule is Cc1cc(NC(=O)CCC(=O)c2ccc(Cl)s2)ccc1-n1cnnn1. The zero-order valence-corrected chi connectivity index (χ0v) is 14.8. The van der Waals surface area contributed by atoms with Gasteiger partial charge in [-0.15, -0.1) is 16.4 Å². The number of carbonyl (C=O) groups is 2. The van der Waals surface area contributed by atoms with E-state index in [1.807, 2.05) is 19.1 Å². The standard InChI is InChI=1S/C16H14ClN5O2S/c1-10-8-11(2-3-12(10)22-9-18-20-21-22)19-16(24)7-4-13(23)14-5-6-15(17)25-14/h2-3,5-6,8-9H,4,7H2,1H3,(H,19,24). The van der Waals surface area contributed by atoms with Crippen LogP contribution in [0.5, 0.6) is 0 Å². The first-order chi connectivity index (χ1) is 12.0. The number of nitrogens with one attached hydrogen (secondary N) is 1. The molecular weight excluding hydrogens is 362 g/mol. The number of anilines is 1. The molecule has 0 fully saturated rings. The lowest BCUT2D eigenvalue weighted by Crippen LogP contribution is -2.13. The summed E-state index contributed by atoms with van der Waals surface area (Å²) in [5, 5.41) is 13.8. The van der Waals surface area contributed by atoms with Gasteiger partial charge >= 0.3 is 0 Å². The topological polar surface area (TPSA) is 89.8 Å². The summed E-state index contributed by atoms with van der Waals surface area (Å²) in [6, 6.07) is 8.77. The zero-order chi connectivity index (χ0) is 17.8. The molecule has 0 atom stereocenters. The van der Waals surface area contributed by atoms with Crippen LogP contribution in [0.4, 0.5) is 5.69 Å². The predicted octanol–water partition coefficient (Wildman–Crippen LogP) is 3.29. The van der Waals surface area contributed by atoms with Gasteiger partial charge in [0.25, 0.3) is 0 Å². The van der Waals surface area contributed by atoms with E-state index >= 15 is 0 Å². The fourth-order valence-corrected chi connectivity index (χ4v) is 3.31. The van der Waals surface area contributed by atoms with E-state index in [0.29, 0.717) is 14.9 Å². The molecule has 1 N–H and O–H groups in total. The van der Waals surface area contributed by atoms with Gasteiger partial charge in [-0.1, -0.05) is 11.6 Å². The summed E-state index contributed by atoms with van der Waals surface area (Å²) >= 11 is 7.03. The number of amides is 1. The number of tetrazole rings is 1. The van der Waals surface area contributed by atoms with Crippen molar-refractivity contribution in [3.63, 3.8) is 0 Å². The number of ketones is 1. The number of hydrogen-bond acceptors (Lipinski definition) is 6. The second kappa shape index (κ2) is 7.54. The molecule has 25 heavy (non-hydrogen) atoms. The van der Waals surface area contributed by atoms with Crippen LogP contribution in [-0.4, -0.2) is 31.9 Å². The number of aryl methyl sites for hydroxylation is 1. The van der Waals surface area contributed by atoms with Gasteiger partial charge in [-0.25, -0.2) is 4.68 Å².